The van der Waals surface area contributed by atoms with Gasteiger partial charge in [-0.3, -0.25) is 0 Å². The Hall–Kier alpha value is -2.05. The average molecular weight is 275 g/mol. The van der Waals surface area contributed by atoms with Gasteiger partial charge in [0, 0.05) is 18.6 Å². The first-order valence-electron chi connectivity index (χ1n) is 5.76. The van der Waals surface area contributed by atoms with Crippen LogP contribution in [-0.2, 0) is 6.54 Å². The quantitative estimate of drug-likeness (QED) is 0.846. The number of nitriles is 1. The standard InChI is InChI=1S/C15H12ClFN2/c1-19(10-11-5-7-12(16)8-6-11)15-4-2-3-14(17)13(15)9-18/h2-8H,10H2,1H3. The van der Waals surface area contributed by atoms with Crippen molar-refractivity contribution in [1.82, 2.24) is 0 Å². The third kappa shape index (κ3) is 3.04. The molecule has 0 radical (unpaired) electrons. The molecule has 2 rings (SSSR count). The summed E-state index contributed by atoms with van der Waals surface area (Å²) in [7, 11) is 1.82. The van der Waals surface area contributed by atoms with Gasteiger partial charge in [-0.05, 0) is 29.8 Å². The molecular weight excluding hydrogens is 263 g/mol. The maximum absolute atomic E-state index is 13.5. The van der Waals surface area contributed by atoms with E-state index < -0.39 is 5.82 Å². The van der Waals surface area contributed by atoms with Gasteiger partial charge in [0.15, 0.2) is 0 Å². The Kier molecular flexibility index (Phi) is 4.03. The predicted octanol–water partition coefficient (Wildman–Crippen LogP) is 3.99. The lowest BCUT2D eigenvalue weighted by atomic mass is 10.1. The molecule has 96 valence electrons. The normalized spacial score (nSPS) is 10.0. The number of benzene rings is 2. The molecule has 0 spiro atoms. The molecule has 0 saturated heterocycles. The van der Waals surface area contributed by atoms with Crippen molar-refractivity contribution in [1.29, 1.82) is 5.26 Å². The molecule has 2 aromatic carbocycles. The summed E-state index contributed by atoms with van der Waals surface area (Å²) in [5, 5.41) is 9.69. The lowest BCUT2D eigenvalue weighted by Crippen LogP contribution is -2.17. The van der Waals surface area contributed by atoms with E-state index in [2.05, 4.69) is 0 Å². The van der Waals surface area contributed by atoms with Crippen LogP contribution in [0.2, 0.25) is 5.02 Å². The van der Waals surface area contributed by atoms with Crippen molar-refractivity contribution >= 4 is 17.3 Å². The summed E-state index contributed by atoms with van der Waals surface area (Å²) in [6.07, 6.45) is 0. The minimum absolute atomic E-state index is 0.0685. The van der Waals surface area contributed by atoms with E-state index >= 15 is 0 Å². The largest absolute Gasteiger partial charge is 0.369 e. The second-order valence-electron chi connectivity index (χ2n) is 4.23. The van der Waals surface area contributed by atoms with Gasteiger partial charge in [0.1, 0.15) is 17.4 Å². The molecule has 0 unspecified atom stereocenters. The van der Waals surface area contributed by atoms with E-state index in [9.17, 15) is 4.39 Å². The summed E-state index contributed by atoms with van der Waals surface area (Å²) < 4.78 is 13.5. The lowest BCUT2D eigenvalue weighted by Gasteiger charge is -2.20. The fourth-order valence-electron chi connectivity index (χ4n) is 1.89. The van der Waals surface area contributed by atoms with E-state index in [1.54, 1.807) is 12.1 Å². The first-order valence-corrected chi connectivity index (χ1v) is 6.14. The first kappa shape index (κ1) is 13.4. The zero-order valence-electron chi connectivity index (χ0n) is 10.4. The number of halogens is 2. The van der Waals surface area contributed by atoms with Crippen molar-refractivity contribution in [2.24, 2.45) is 0 Å². The summed E-state index contributed by atoms with van der Waals surface area (Å²) in [5.74, 6) is -0.497. The Morgan fingerprint density at radius 1 is 1.21 bits per heavy atom. The van der Waals surface area contributed by atoms with Crippen molar-refractivity contribution in [3.05, 3.63) is 64.4 Å². The summed E-state index contributed by atoms with van der Waals surface area (Å²) in [6.45, 7) is 0.579. The van der Waals surface area contributed by atoms with E-state index in [1.165, 1.54) is 6.07 Å². The number of hydrogen-bond acceptors (Lipinski definition) is 2. The first-order chi connectivity index (χ1) is 9.11. The van der Waals surface area contributed by atoms with Gasteiger partial charge in [0.2, 0.25) is 0 Å². The molecule has 0 aliphatic heterocycles. The maximum atomic E-state index is 13.5. The van der Waals surface area contributed by atoms with E-state index in [1.807, 2.05) is 42.3 Å². The molecule has 2 nitrogen and oxygen atoms in total. The molecule has 2 aromatic rings. The second-order valence-corrected chi connectivity index (χ2v) is 4.66. The summed E-state index contributed by atoms with van der Waals surface area (Å²) in [4.78, 5) is 1.84. The predicted molar refractivity (Wildman–Crippen MR) is 74.7 cm³/mol. The molecule has 0 N–H and O–H groups in total. The van der Waals surface area contributed by atoms with E-state index in [0.29, 0.717) is 17.3 Å². The smallest absolute Gasteiger partial charge is 0.143 e. The Bertz CT molecular complexity index is 617. The van der Waals surface area contributed by atoms with Crippen LogP contribution in [0.3, 0.4) is 0 Å². The Morgan fingerprint density at radius 3 is 2.53 bits per heavy atom. The fraction of sp³-hybridized carbons (Fsp3) is 0.133. The van der Waals surface area contributed by atoms with Gasteiger partial charge in [-0.2, -0.15) is 5.26 Å². The van der Waals surface area contributed by atoms with Gasteiger partial charge >= 0.3 is 0 Å². The van der Waals surface area contributed by atoms with Gasteiger partial charge in [0.25, 0.3) is 0 Å². The van der Waals surface area contributed by atoms with Gasteiger partial charge in [-0.1, -0.05) is 29.8 Å². The molecule has 0 heterocycles. The molecule has 0 saturated carbocycles. The van der Waals surface area contributed by atoms with E-state index in [-0.39, 0.29) is 5.56 Å². The van der Waals surface area contributed by atoms with Gasteiger partial charge in [-0.15, -0.1) is 0 Å². The van der Waals surface area contributed by atoms with Crippen molar-refractivity contribution in [3.63, 3.8) is 0 Å². The van der Waals surface area contributed by atoms with Crippen LogP contribution in [0.1, 0.15) is 11.1 Å². The summed E-state index contributed by atoms with van der Waals surface area (Å²) in [5.41, 5.74) is 1.69. The molecule has 0 aliphatic rings. The minimum atomic E-state index is -0.497. The van der Waals surface area contributed by atoms with Crippen molar-refractivity contribution in [2.75, 3.05) is 11.9 Å². The molecule has 0 aliphatic carbocycles. The topological polar surface area (TPSA) is 27.0 Å². The molecular formula is C15H12ClFN2. The third-order valence-electron chi connectivity index (χ3n) is 2.85. The highest BCUT2D eigenvalue weighted by Gasteiger charge is 2.11. The van der Waals surface area contributed by atoms with Gasteiger partial charge < -0.3 is 4.90 Å². The van der Waals surface area contributed by atoms with Crippen LogP contribution < -0.4 is 4.90 Å². The number of rotatable bonds is 3. The fourth-order valence-corrected chi connectivity index (χ4v) is 2.02. The van der Waals surface area contributed by atoms with Crippen LogP contribution >= 0.6 is 11.6 Å². The highest BCUT2D eigenvalue weighted by molar-refractivity contribution is 6.30. The molecule has 0 bridgehead atoms. The third-order valence-corrected chi connectivity index (χ3v) is 3.10. The van der Waals surface area contributed by atoms with Crippen molar-refractivity contribution in [2.45, 2.75) is 6.54 Å². The Labute approximate surface area is 116 Å². The molecule has 19 heavy (non-hydrogen) atoms. The van der Waals surface area contributed by atoms with Crippen molar-refractivity contribution in [3.8, 4) is 6.07 Å². The molecule has 0 aromatic heterocycles. The number of hydrogen-bond donors (Lipinski definition) is 0. The summed E-state index contributed by atoms with van der Waals surface area (Å²) >= 11 is 5.83. The molecule has 0 amide bonds. The van der Waals surface area contributed by atoms with Crippen LogP contribution in [0.4, 0.5) is 10.1 Å². The average Bonchev–Trinajstić information content (AvgIpc) is 2.41. The Morgan fingerprint density at radius 2 is 1.89 bits per heavy atom. The van der Waals surface area contributed by atoms with Crippen LogP contribution in [0, 0.1) is 17.1 Å². The summed E-state index contributed by atoms with van der Waals surface area (Å²) in [6, 6.07) is 14.0. The van der Waals surface area contributed by atoms with Crippen LogP contribution in [0.25, 0.3) is 0 Å². The molecule has 4 heteroatoms. The maximum Gasteiger partial charge on any atom is 0.143 e. The van der Waals surface area contributed by atoms with E-state index in [0.717, 1.165) is 5.56 Å². The highest BCUT2D eigenvalue weighted by Crippen LogP contribution is 2.23. The number of anilines is 1. The van der Waals surface area contributed by atoms with Crippen LogP contribution in [0.15, 0.2) is 42.5 Å². The minimum Gasteiger partial charge on any atom is -0.369 e. The second kappa shape index (κ2) is 5.73. The highest BCUT2D eigenvalue weighted by atomic mass is 35.5. The molecule has 0 fully saturated rings. The van der Waals surface area contributed by atoms with Gasteiger partial charge in [-0.25, -0.2) is 4.39 Å². The molecule has 0 atom stereocenters. The lowest BCUT2D eigenvalue weighted by molar-refractivity contribution is 0.623. The van der Waals surface area contributed by atoms with Crippen LogP contribution in [0.5, 0.6) is 0 Å². The monoisotopic (exact) mass is 274 g/mol. The van der Waals surface area contributed by atoms with E-state index in [4.69, 9.17) is 16.9 Å². The Balaban J connectivity index is 2.25. The number of nitrogens with zero attached hydrogens (tertiary/aromatic N) is 2. The van der Waals surface area contributed by atoms with Gasteiger partial charge in [0.05, 0.1) is 5.69 Å². The van der Waals surface area contributed by atoms with Crippen LogP contribution in [-0.4, -0.2) is 7.05 Å². The SMILES string of the molecule is CN(Cc1ccc(Cl)cc1)c1cccc(F)c1C#N. The zero-order chi connectivity index (χ0) is 13.8. The van der Waals surface area contributed by atoms with Crippen molar-refractivity contribution < 1.29 is 4.39 Å². The zero-order valence-corrected chi connectivity index (χ0v) is 11.2.